The Bertz CT molecular complexity index is 1200. The number of aliphatic hydroxyl groups excluding tert-OH is 1. The van der Waals surface area contributed by atoms with Crippen molar-refractivity contribution in [2.75, 3.05) is 71.0 Å². The highest BCUT2D eigenvalue weighted by Crippen LogP contribution is 2.41. The quantitative estimate of drug-likeness (QED) is 0.249. The number of ether oxygens (including phenoxy) is 2. The van der Waals surface area contributed by atoms with Crippen molar-refractivity contribution >= 4 is 15.7 Å². The number of morpholine rings is 1. The van der Waals surface area contributed by atoms with Crippen molar-refractivity contribution in [2.24, 2.45) is 0 Å². The SMILES string of the molecule is CCCCN(CCCO)c1cc(CNCCN2CCOCC2)cc(S(=O)(=O)NC)c1Oc1cccc(C(F)(F)F)c1. The van der Waals surface area contributed by atoms with Crippen LogP contribution in [-0.4, -0.2) is 84.6 Å². The predicted molar refractivity (Wildman–Crippen MR) is 152 cm³/mol. The van der Waals surface area contributed by atoms with Crippen LogP contribution in [0.5, 0.6) is 11.5 Å². The molecule has 9 nitrogen and oxygen atoms in total. The van der Waals surface area contributed by atoms with Gasteiger partial charge in [-0.05, 0) is 55.8 Å². The van der Waals surface area contributed by atoms with E-state index in [4.69, 9.17) is 9.47 Å². The summed E-state index contributed by atoms with van der Waals surface area (Å²) in [5.74, 6) is -0.201. The molecule has 0 atom stereocenters. The fourth-order valence-electron chi connectivity index (χ4n) is 4.50. The number of aliphatic hydroxyl groups is 1. The number of nitrogens with zero attached hydrogens (tertiary/aromatic N) is 2. The van der Waals surface area contributed by atoms with E-state index in [-0.39, 0.29) is 23.0 Å². The molecule has 1 fully saturated rings. The summed E-state index contributed by atoms with van der Waals surface area (Å²) in [7, 11) is -2.80. The van der Waals surface area contributed by atoms with E-state index in [2.05, 4.69) is 14.9 Å². The van der Waals surface area contributed by atoms with Crippen LogP contribution in [0.4, 0.5) is 18.9 Å². The number of nitrogens with one attached hydrogen (secondary N) is 2. The van der Waals surface area contributed by atoms with Crippen LogP contribution in [0.25, 0.3) is 0 Å². The highest BCUT2D eigenvalue weighted by Gasteiger charge is 2.31. The van der Waals surface area contributed by atoms with Crippen LogP contribution in [0, 0.1) is 0 Å². The predicted octanol–water partition coefficient (Wildman–Crippen LogP) is 3.82. The molecule has 2 aromatic carbocycles. The minimum absolute atomic E-state index is 0.0650. The molecule has 0 radical (unpaired) electrons. The average Bonchev–Trinajstić information content (AvgIpc) is 2.96. The Morgan fingerprint density at radius 2 is 1.85 bits per heavy atom. The second-order valence-corrected chi connectivity index (χ2v) is 11.7. The molecule has 2 aromatic rings. The summed E-state index contributed by atoms with van der Waals surface area (Å²) >= 11 is 0. The zero-order valence-electron chi connectivity index (χ0n) is 23.7. The third-order valence-corrected chi connectivity index (χ3v) is 8.20. The van der Waals surface area contributed by atoms with Gasteiger partial charge in [0.1, 0.15) is 10.6 Å². The van der Waals surface area contributed by atoms with E-state index >= 15 is 0 Å². The van der Waals surface area contributed by atoms with Gasteiger partial charge in [-0.15, -0.1) is 0 Å². The molecule has 1 aliphatic rings. The molecule has 1 aliphatic heterocycles. The van der Waals surface area contributed by atoms with E-state index in [0.717, 1.165) is 44.6 Å². The summed E-state index contributed by atoms with van der Waals surface area (Å²) in [6.07, 6.45) is -2.52. The molecule has 0 spiro atoms. The Morgan fingerprint density at radius 1 is 1.12 bits per heavy atom. The van der Waals surface area contributed by atoms with Crippen molar-refractivity contribution < 1.29 is 36.2 Å². The van der Waals surface area contributed by atoms with Gasteiger partial charge in [-0.25, -0.2) is 13.1 Å². The van der Waals surface area contributed by atoms with Gasteiger partial charge >= 0.3 is 6.18 Å². The number of sulfonamides is 1. The minimum atomic E-state index is -4.59. The molecule has 0 unspecified atom stereocenters. The average molecular weight is 603 g/mol. The van der Waals surface area contributed by atoms with Gasteiger partial charge in [0, 0.05) is 52.4 Å². The first-order valence-electron chi connectivity index (χ1n) is 13.9. The monoisotopic (exact) mass is 602 g/mol. The molecule has 0 aliphatic carbocycles. The number of unbranched alkanes of at least 4 members (excludes halogenated alkanes) is 1. The molecule has 3 N–H and O–H groups in total. The van der Waals surface area contributed by atoms with Gasteiger partial charge in [-0.3, -0.25) is 4.90 Å². The molecule has 0 saturated carbocycles. The number of anilines is 1. The Labute approximate surface area is 240 Å². The zero-order chi connectivity index (χ0) is 29.9. The van der Waals surface area contributed by atoms with Crippen molar-refractivity contribution in [1.29, 1.82) is 0 Å². The van der Waals surface area contributed by atoms with Crippen molar-refractivity contribution in [3.63, 3.8) is 0 Å². The maximum absolute atomic E-state index is 13.4. The Morgan fingerprint density at radius 3 is 2.51 bits per heavy atom. The van der Waals surface area contributed by atoms with Crippen molar-refractivity contribution in [3.05, 3.63) is 47.5 Å². The lowest BCUT2D eigenvalue weighted by Gasteiger charge is -2.29. The highest BCUT2D eigenvalue weighted by molar-refractivity contribution is 7.89. The maximum atomic E-state index is 13.4. The van der Waals surface area contributed by atoms with Crippen molar-refractivity contribution in [3.8, 4) is 11.5 Å². The molecular formula is C28H41F3N4O5S. The summed E-state index contributed by atoms with van der Waals surface area (Å²) in [4.78, 5) is 4.03. The van der Waals surface area contributed by atoms with E-state index in [0.29, 0.717) is 57.1 Å². The lowest BCUT2D eigenvalue weighted by Crippen LogP contribution is -2.40. The zero-order valence-corrected chi connectivity index (χ0v) is 24.5. The van der Waals surface area contributed by atoms with Crippen molar-refractivity contribution in [1.82, 2.24) is 14.9 Å². The third kappa shape index (κ3) is 9.83. The summed E-state index contributed by atoms with van der Waals surface area (Å²) < 4.78 is 80.5. The summed E-state index contributed by atoms with van der Waals surface area (Å²) in [6, 6.07) is 7.66. The molecule has 13 heteroatoms. The van der Waals surface area contributed by atoms with Gasteiger partial charge in [-0.2, -0.15) is 13.2 Å². The van der Waals surface area contributed by atoms with Crippen LogP contribution < -0.4 is 19.7 Å². The molecular weight excluding hydrogens is 561 g/mol. The third-order valence-electron chi connectivity index (χ3n) is 6.78. The van der Waals surface area contributed by atoms with Crippen LogP contribution >= 0.6 is 0 Å². The highest BCUT2D eigenvalue weighted by atomic mass is 32.2. The number of benzene rings is 2. The molecule has 0 bridgehead atoms. The van der Waals surface area contributed by atoms with Gasteiger partial charge in [0.05, 0.1) is 24.5 Å². The van der Waals surface area contributed by atoms with Crippen LogP contribution in [0.15, 0.2) is 41.3 Å². The molecule has 41 heavy (non-hydrogen) atoms. The van der Waals surface area contributed by atoms with Gasteiger partial charge in [0.15, 0.2) is 5.75 Å². The van der Waals surface area contributed by atoms with Crippen LogP contribution in [-0.2, 0) is 27.5 Å². The first-order valence-corrected chi connectivity index (χ1v) is 15.4. The number of halogens is 3. The fraction of sp³-hybridized carbons (Fsp3) is 0.571. The second-order valence-electron chi connectivity index (χ2n) is 9.83. The minimum Gasteiger partial charge on any atom is -0.454 e. The summed E-state index contributed by atoms with van der Waals surface area (Å²) in [5, 5.41) is 12.9. The molecule has 0 aromatic heterocycles. The smallest absolute Gasteiger partial charge is 0.416 e. The van der Waals surface area contributed by atoms with Gasteiger partial charge in [-0.1, -0.05) is 19.4 Å². The Kier molecular flexibility index (Phi) is 12.7. The largest absolute Gasteiger partial charge is 0.454 e. The fourth-order valence-corrected chi connectivity index (χ4v) is 5.42. The van der Waals surface area contributed by atoms with Crippen LogP contribution in [0.2, 0.25) is 0 Å². The normalized spacial score (nSPS) is 14.8. The van der Waals surface area contributed by atoms with E-state index in [1.165, 1.54) is 25.2 Å². The molecule has 230 valence electrons. The number of alkyl halides is 3. The van der Waals surface area contributed by atoms with Crippen LogP contribution in [0.1, 0.15) is 37.3 Å². The van der Waals surface area contributed by atoms with E-state index in [9.17, 15) is 26.7 Å². The molecule has 3 rings (SSSR count). The summed E-state index contributed by atoms with van der Waals surface area (Å²) in [6.45, 7) is 7.87. The van der Waals surface area contributed by atoms with E-state index in [1.807, 2.05) is 17.9 Å². The molecule has 1 saturated heterocycles. The number of rotatable bonds is 16. The first kappa shape index (κ1) is 33.1. The summed E-state index contributed by atoms with van der Waals surface area (Å²) in [5.41, 5.74) is 0.210. The lowest BCUT2D eigenvalue weighted by molar-refractivity contribution is -0.137. The number of hydrogen-bond donors (Lipinski definition) is 3. The number of hydrogen-bond acceptors (Lipinski definition) is 8. The van der Waals surface area contributed by atoms with Gasteiger partial charge in [0.25, 0.3) is 0 Å². The van der Waals surface area contributed by atoms with Crippen molar-refractivity contribution in [2.45, 2.75) is 43.8 Å². The van der Waals surface area contributed by atoms with E-state index < -0.39 is 21.8 Å². The Hall–Kier alpha value is -2.42. The van der Waals surface area contributed by atoms with Gasteiger partial charge < -0.3 is 24.8 Å². The Balaban J connectivity index is 2.03. The van der Waals surface area contributed by atoms with Crippen LogP contribution in [0.3, 0.4) is 0 Å². The standard InChI is InChI=1S/C28H41F3N4O5S/c1-3-4-10-35(11-6-15-36)25-18-22(21-33-9-12-34-13-16-39-17-14-34)19-26(41(37,38)32-2)27(25)40-24-8-5-7-23(20-24)28(29,30)31/h5,7-8,18-20,32-33,36H,3-4,6,9-17,21H2,1-2H3. The second kappa shape index (κ2) is 15.7. The lowest BCUT2D eigenvalue weighted by atomic mass is 10.1. The van der Waals surface area contributed by atoms with E-state index in [1.54, 1.807) is 0 Å². The molecule has 1 heterocycles. The maximum Gasteiger partial charge on any atom is 0.416 e. The first-order chi connectivity index (χ1) is 19.6. The topological polar surface area (TPSA) is 103 Å². The van der Waals surface area contributed by atoms with Gasteiger partial charge in [0.2, 0.25) is 10.0 Å². The molecule has 0 amide bonds.